The fourth-order valence-electron chi connectivity index (χ4n) is 2.20. The van der Waals surface area contributed by atoms with E-state index in [1.807, 2.05) is 39.3 Å². The molecule has 0 saturated heterocycles. The van der Waals surface area contributed by atoms with E-state index >= 15 is 0 Å². The molecule has 0 aliphatic heterocycles. The number of thioether (sulfide) groups is 1. The quantitative estimate of drug-likeness (QED) is 0.697. The van der Waals surface area contributed by atoms with Crippen LogP contribution in [0.15, 0.2) is 48.8 Å². The van der Waals surface area contributed by atoms with Gasteiger partial charge in [0.15, 0.2) is 0 Å². The molecule has 1 heterocycles. The Kier molecular flexibility index (Phi) is 9.12. The van der Waals surface area contributed by atoms with E-state index in [0.717, 1.165) is 5.56 Å². The number of rotatable bonds is 6. The highest BCUT2D eigenvalue weighted by Gasteiger charge is 2.21. The van der Waals surface area contributed by atoms with Gasteiger partial charge < -0.3 is 4.74 Å². The van der Waals surface area contributed by atoms with E-state index in [1.165, 1.54) is 4.31 Å². The molecule has 0 N–H and O–H groups in total. The van der Waals surface area contributed by atoms with E-state index in [9.17, 15) is 8.42 Å². The standard InChI is InChI=1S/C18H24N2O3S.C2H6S/c1-5-24(21,22)20(14-15-7-6-12-19-13-15)16-8-10-17(11-9-16)23-18(2,3)4;1-3-2/h6-13H,5,14H2,1-4H3;1-2H3. The monoisotopic (exact) mass is 410 g/mol. The normalized spacial score (nSPS) is 11.3. The van der Waals surface area contributed by atoms with Gasteiger partial charge in [-0.25, -0.2) is 8.42 Å². The summed E-state index contributed by atoms with van der Waals surface area (Å²) in [6, 6.07) is 10.8. The van der Waals surface area contributed by atoms with E-state index in [-0.39, 0.29) is 17.9 Å². The van der Waals surface area contributed by atoms with Crippen LogP contribution in [0, 0.1) is 0 Å². The van der Waals surface area contributed by atoms with Crippen molar-refractivity contribution < 1.29 is 13.2 Å². The van der Waals surface area contributed by atoms with Crippen LogP contribution in [0.3, 0.4) is 0 Å². The lowest BCUT2D eigenvalue weighted by molar-refractivity contribution is 0.131. The van der Waals surface area contributed by atoms with Crippen LogP contribution < -0.4 is 9.04 Å². The number of aromatic nitrogens is 1. The molecule has 0 spiro atoms. The number of hydrogen-bond donors (Lipinski definition) is 0. The van der Waals surface area contributed by atoms with Crippen molar-refractivity contribution in [2.75, 3.05) is 22.6 Å². The van der Waals surface area contributed by atoms with Crippen LogP contribution in [0.2, 0.25) is 0 Å². The summed E-state index contributed by atoms with van der Waals surface area (Å²) in [7, 11) is -3.39. The second kappa shape index (κ2) is 10.6. The summed E-state index contributed by atoms with van der Waals surface area (Å²) in [5.41, 5.74) is 1.15. The third kappa shape index (κ3) is 8.22. The van der Waals surface area contributed by atoms with Crippen LogP contribution in [0.25, 0.3) is 0 Å². The van der Waals surface area contributed by atoms with Crippen molar-refractivity contribution in [1.82, 2.24) is 4.98 Å². The second-order valence-electron chi connectivity index (χ2n) is 6.89. The van der Waals surface area contributed by atoms with Gasteiger partial charge in [-0.05, 0) is 76.1 Å². The summed E-state index contributed by atoms with van der Waals surface area (Å²) in [6.07, 6.45) is 7.43. The van der Waals surface area contributed by atoms with Crippen LogP contribution in [0.4, 0.5) is 5.69 Å². The second-order valence-corrected chi connectivity index (χ2v) is 9.88. The Bertz CT molecular complexity index is 771. The molecule has 7 heteroatoms. The Hall–Kier alpha value is -1.73. The van der Waals surface area contributed by atoms with Crippen molar-refractivity contribution in [3.63, 3.8) is 0 Å². The van der Waals surface area contributed by atoms with Crippen LogP contribution in [-0.2, 0) is 16.6 Å². The molecule has 150 valence electrons. The highest BCUT2D eigenvalue weighted by molar-refractivity contribution is 7.97. The number of pyridine rings is 1. The summed E-state index contributed by atoms with van der Waals surface area (Å²) in [4.78, 5) is 4.05. The average molecular weight is 411 g/mol. The van der Waals surface area contributed by atoms with Crippen molar-refractivity contribution in [1.29, 1.82) is 0 Å². The van der Waals surface area contributed by atoms with Gasteiger partial charge in [0, 0.05) is 12.4 Å². The zero-order valence-electron chi connectivity index (χ0n) is 17.0. The van der Waals surface area contributed by atoms with Crippen LogP contribution in [0.5, 0.6) is 5.75 Å². The third-order valence-corrected chi connectivity index (χ3v) is 5.04. The van der Waals surface area contributed by atoms with Gasteiger partial charge in [0.1, 0.15) is 11.4 Å². The molecule has 0 aliphatic carbocycles. The topological polar surface area (TPSA) is 59.5 Å². The van der Waals surface area contributed by atoms with Crippen molar-refractivity contribution in [2.24, 2.45) is 0 Å². The van der Waals surface area contributed by atoms with E-state index in [0.29, 0.717) is 11.4 Å². The SMILES string of the molecule is CCS(=O)(=O)N(Cc1cccnc1)c1ccc(OC(C)(C)C)cc1.CSC. The van der Waals surface area contributed by atoms with Crippen molar-refractivity contribution in [2.45, 2.75) is 39.8 Å². The fraction of sp³-hybridized carbons (Fsp3) is 0.450. The molecular weight excluding hydrogens is 380 g/mol. The first kappa shape index (κ1) is 23.3. The first-order valence-corrected chi connectivity index (χ1v) is 12.0. The Labute approximate surface area is 168 Å². The van der Waals surface area contributed by atoms with Gasteiger partial charge in [-0.15, -0.1) is 0 Å². The maximum absolute atomic E-state index is 12.5. The smallest absolute Gasteiger partial charge is 0.235 e. The van der Waals surface area contributed by atoms with Gasteiger partial charge in [-0.3, -0.25) is 9.29 Å². The van der Waals surface area contributed by atoms with E-state index in [1.54, 1.807) is 61.4 Å². The van der Waals surface area contributed by atoms with E-state index in [4.69, 9.17) is 4.74 Å². The van der Waals surface area contributed by atoms with Crippen molar-refractivity contribution in [3.8, 4) is 5.75 Å². The summed E-state index contributed by atoms with van der Waals surface area (Å²) >= 11 is 1.75. The largest absolute Gasteiger partial charge is 0.488 e. The number of sulfonamides is 1. The Balaban J connectivity index is 0.00000114. The minimum Gasteiger partial charge on any atom is -0.488 e. The average Bonchev–Trinajstić information content (AvgIpc) is 2.61. The molecule has 2 aromatic rings. The van der Waals surface area contributed by atoms with Gasteiger partial charge in [0.2, 0.25) is 10.0 Å². The minimum absolute atomic E-state index is 0.0352. The third-order valence-electron chi connectivity index (χ3n) is 3.30. The zero-order valence-corrected chi connectivity index (χ0v) is 18.6. The molecule has 0 saturated carbocycles. The Morgan fingerprint density at radius 2 is 1.70 bits per heavy atom. The van der Waals surface area contributed by atoms with Crippen LogP contribution >= 0.6 is 11.8 Å². The summed E-state index contributed by atoms with van der Waals surface area (Å²) in [5, 5.41) is 0. The lowest BCUT2D eigenvalue weighted by atomic mass is 10.2. The van der Waals surface area contributed by atoms with Crippen LogP contribution in [0.1, 0.15) is 33.3 Å². The number of ether oxygens (including phenoxy) is 1. The molecule has 27 heavy (non-hydrogen) atoms. The van der Waals surface area contributed by atoms with Gasteiger partial charge in [0.25, 0.3) is 0 Å². The van der Waals surface area contributed by atoms with Gasteiger partial charge >= 0.3 is 0 Å². The first-order valence-electron chi connectivity index (χ1n) is 8.71. The summed E-state index contributed by atoms with van der Waals surface area (Å²) < 4.78 is 32.2. The molecule has 1 aromatic heterocycles. The summed E-state index contributed by atoms with van der Waals surface area (Å²) in [6.45, 7) is 7.80. The van der Waals surface area contributed by atoms with Gasteiger partial charge in [-0.2, -0.15) is 11.8 Å². The number of benzene rings is 1. The maximum atomic E-state index is 12.5. The molecule has 0 bridgehead atoms. The van der Waals surface area contributed by atoms with Crippen molar-refractivity contribution in [3.05, 3.63) is 54.4 Å². The molecular formula is C20H30N2O3S2. The Morgan fingerprint density at radius 1 is 1.11 bits per heavy atom. The highest BCUT2D eigenvalue weighted by Crippen LogP contribution is 2.26. The van der Waals surface area contributed by atoms with Crippen molar-refractivity contribution >= 4 is 27.5 Å². The molecule has 0 unspecified atom stereocenters. The molecule has 0 atom stereocenters. The molecule has 0 radical (unpaired) electrons. The molecule has 0 amide bonds. The lowest BCUT2D eigenvalue weighted by Crippen LogP contribution is -2.31. The van der Waals surface area contributed by atoms with Gasteiger partial charge in [-0.1, -0.05) is 6.07 Å². The van der Waals surface area contributed by atoms with Crippen LogP contribution in [-0.4, -0.2) is 37.3 Å². The number of hydrogen-bond acceptors (Lipinski definition) is 5. The fourth-order valence-corrected chi connectivity index (χ4v) is 3.30. The molecule has 0 fully saturated rings. The predicted molar refractivity (Wildman–Crippen MR) is 116 cm³/mol. The zero-order chi connectivity index (χ0) is 20.5. The first-order chi connectivity index (χ1) is 12.6. The molecule has 2 rings (SSSR count). The lowest BCUT2D eigenvalue weighted by Gasteiger charge is -2.25. The highest BCUT2D eigenvalue weighted by atomic mass is 32.2. The number of anilines is 1. The van der Waals surface area contributed by atoms with Gasteiger partial charge in [0.05, 0.1) is 18.0 Å². The van der Waals surface area contributed by atoms with E-state index in [2.05, 4.69) is 4.98 Å². The number of nitrogens with zero attached hydrogens (tertiary/aromatic N) is 2. The van der Waals surface area contributed by atoms with E-state index < -0.39 is 10.0 Å². The Morgan fingerprint density at radius 3 is 2.15 bits per heavy atom. The maximum Gasteiger partial charge on any atom is 0.235 e. The summed E-state index contributed by atoms with van der Waals surface area (Å²) in [5.74, 6) is 0.745. The minimum atomic E-state index is -3.39. The molecule has 1 aromatic carbocycles. The molecule has 0 aliphatic rings. The predicted octanol–water partition coefficient (Wildman–Crippen LogP) is 4.59. The molecule has 5 nitrogen and oxygen atoms in total.